The van der Waals surface area contributed by atoms with Crippen LogP contribution in [0.4, 0.5) is 10.1 Å². The molecule has 0 heterocycles. The number of hydrogen-bond acceptors (Lipinski definition) is 4. The molecule has 0 aliphatic heterocycles. The highest BCUT2D eigenvalue weighted by Gasteiger charge is 2.35. The zero-order valence-corrected chi connectivity index (χ0v) is 26.0. The van der Waals surface area contributed by atoms with Gasteiger partial charge in [-0.15, -0.1) is 0 Å². The number of benzene rings is 4. The molecule has 0 unspecified atom stereocenters. The largest absolute Gasteiger partial charge is 0.352 e. The fourth-order valence-corrected chi connectivity index (χ4v) is 6.27. The highest BCUT2D eigenvalue weighted by molar-refractivity contribution is 7.92. The first-order valence-corrected chi connectivity index (χ1v) is 16.0. The number of anilines is 1. The quantitative estimate of drug-likeness (QED) is 0.203. The molecule has 9 heteroatoms. The molecule has 1 N–H and O–H groups in total. The summed E-state index contributed by atoms with van der Waals surface area (Å²) in [7, 11) is -4.29. The Morgan fingerprint density at radius 3 is 2.07 bits per heavy atom. The number of hydrogen-bond donors (Lipinski definition) is 1. The minimum atomic E-state index is -4.29. The predicted molar refractivity (Wildman–Crippen MR) is 171 cm³/mol. The number of nitrogens with one attached hydrogen (secondary N) is 1. The van der Waals surface area contributed by atoms with Crippen molar-refractivity contribution in [3.63, 3.8) is 0 Å². The molecular formula is C35H38FN3O4S. The molecule has 0 bridgehead atoms. The van der Waals surface area contributed by atoms with Crippen molar-refractivity contribution in [2.24, 2.45) is 0 Å². The molecule has 0 aliphatic rings. The maximum absolute atomic E-state index is 14.4. The Morgan fingerprint density at radius 2 is 1.45 bits per heavy atom. The second-order valence-electron chi connectivity index (χ2n) is 10.8. The summed E-state index contributed by atoms with van der Waals surface area (Å²) in [4.78, 5) is 29.6. The number of rotatable bonds is 13. The third kappa shape index (κ3) is 8.32. The number of nitrogens with zero attached hydrogens (tertiary/aromatic N) is 2. The molecule has 0 fully saturated rings. The number of para-hydroxylation sites is 1. The molecule has 4 aromatic carbocycles. The minimum Gasteiger partial charge on any atom is -0.352 e. The predicted octanol–water partition coefficient (Wildman–Crippen LogP) is 5.88. The topological polar surface area (TPSA) is 86.8 Å². The molecule has 0 radical (unpaired) electrons. The Kier molecular flexibility index (Phi) is 10.9. The van der Waals surface area contributed by atoms with Gasteiger partial charge in [0.05, 0.1) is 10.6 Å². The number of carbonyl (C=O) groups is 2. The molecule has 0 spiro atoms. The van der Waals surface area contributed by atoms with Gasteiger partial charge in [-0.05, 0) is 67.8 Å². The van der Waals surface area contributed by atoms with Crippen molar-refractivity contribution in [1.82, 2.24) is 10.2 Å². The molecule has 4 rings (SSSR count). The number of halogens is 1. The van der Waals surface area contributed by atoms with Crippen molar-refractivity contribution in [2.45, 2.75) is 57.1 Å². The highest BCUT2D eigenvalue weighted by Crippen LogP contribution is 2.25. The monoisotopic (exact) mass is 615 g/mol. The standard InChI is InChI=1S/C35H38FN3O4S/c1-4-27(3)37-35(41)33(23-28-13-7-5-8-14-28)38(24-29-15-11-12-26(2)22-29)34(40)25-39(31-16-9-6-10-17-31)44(42,43)32-20-18-30(36)19-21-32/h5-22,27,33H,4,23-25H2,1-3H3,(H,37,41)/t27-,33-/m1/s1. The van der Waals surface area contributed by atoms with Crippen LogP contribution in [0.2, 0.25) is 0 Å². The molecule has 0 aliphatic carbocycles. The minimum absolute atomic E-state index is 0.0885. The first kappa shape index (κ1) is 32.4. The van der Waals surface area contributed by atoms with Gasteiger partial charge in [0.15, 0.2) is 0 Å². The van der Waals surface area contributed by atoms with E-state index < -0.39 is 34.3 Å². The summed E-state index contributed by atoms with van der Waals surface area (Å²) in [5.74, 6) is -1.45. The Labute approximate surface area is 259 Å². The van der Waals surface area contributed by atoms with E-state index in [4.69, 9.17) is 0 Å². The van der Waals surface area contributed by atoms with Gasteiger partial charge in [0.1, 0.15) is 18.4 Å². The average Bonchev–Trinajstić information content (AvgIpc) is 3.02. The van der Waals surface area contributed by atoms with Gasteiger partial charge in [0.2, 0.25) is 11.8 Å². The Balaban J connectivity index is 1.79. The van der Waals surface area contributed by atoms with Gasteiger partial charge >= 0.3 is 0 Å². The summed E-state index contributed by atoms with van der Waals surface area (Å²) < 4.78 is 42.6. The van der Waals surface area contributed by atoms with E-state index in [0.717, 1.165) is 33.1 Å². The van der Waals surface area contributed by atoms with Crippen LogP contribution in [-0.4, -0.2) is 43.8 Å². The summed E-state index contributed by atoms with van der Waals surface area (Å²) in [6, 6.07) is 28.8. The van der Waals surface area contributed by atoms with Crippen LogP contribution in [0.3, 0.4) is 0 Å². The van der Waals surface area contributed by atoms with Gasteiger partial charge in [-0.3, -0.25) is 13.9 Å². The van der Waals surface area contributed by atoms with Crippen molar-refractivity contribution in [3.05, 3.63) is 132 Å². The van der Waals surface area contributed by atoms with Gasteiger partial charge in [-0.2, -0.15) is 0 Å². The van der Waals surface area contributed by atoms with Crippen LogP contribution in [0.1, 0.15) is 37.0 Å². The fraction of sp³-hybridized carbons (Fsp3) is 0.257. The molecule has 7 nitrogen and oxygen atoms in total. The number of aryl methyl sites for hydroxylation is 1. The van der Waals surface area contributed by atoms with Gasteiger partial charge in [0.25, 0.3) is 10.0 Å². The SMILES string of the molecule is CC[C@@H](C)NC(=O)[C@@H](Cc1ccccc1)N(Cc1cccc(C)c1)C(=O)CN(c1ccccc1)S(=O)(=O)c1ccc(F)cc1. The van der Waals surface area contributed by atoms with E-state index in [1.165, 1.54) is 17.0 Å². The van der Waals surface area contributed by atoms with Crippen LogP contribution in [0, 0.1) is 12.7 Å². The normalized spacial score (nSPS) is 12.6. The fourth-order valence-electron chi connectivity index (χ4n) is 4.86. The van der Waals surface area contributed by atoms with Crippen molar-refractivity contribution in [2.75, 3.05) is 10.8 Å². The lowest BCUT2D eigenvalue weighted by molar-refractivity contribution is -0.140. The van der Waals surface area contributed by atoms with E-state index in [1.807, 2.05) is 75.4 Å². The van der Waals surface area contributed by atoms with Crippen molar-refractivity contribution in [3.8, 4) is 0 Å². The smallest absolute Gasteiger partial charge is 0.264 e. The first-order valence-electron chi connectivity index (χ1n) is 14.6. The van der Waals surface area contributed by atoms with Gasteiger partial charge in [-0.25, -0.2) is 12.8 Å². The third-order valence-electron chi connectivity index (χ3n) is 7.43. The second-order valence-corrected chi connectivity index (χ2v) is 12.7. The summed E-state index contributed by atoms with van der Waals surface area (Å²) in [5.41, 5.74) is 2.92. The van der Waals surface area contributed by atoms with E-state index >= 15 is 0 Å². The average molecular weight is 616 g/mol. The molecule has 0 saturated heterocycles. The Morgan fingerprint density at radius 1 is 0.841 bits per heavy atom. The molecule has 0 saturated carbocycles. The Bertz CT molecular complexity index is 1650. The molecule has 0 aromatic heterocycles. The summed E-state index contributed by atoms with van der Waals surface area (Å²) >= 11 is 0. The van der Waals surface area contributed by atoms with Crippen LogP contribution in [0.5, 0.6) is 0 Å². The molecule has 4 aromatic rings. The number of carbonyl (C=O) groups excluding carboxylic acids is 2. The van der Waals surface area contributed by atoms with Crippen molar-refractivity contribution in [1.29, 1.82) is 0 Å². The van der Waals surface area contributed by atoms with Gasteiger partial charge < -0.3 is 10.2 Å². The number of sulfonamides is 1. The van der Waals surface area contributed by atoms with Crippen molar-refractivity contribution >= 4 is 27.5 Å². The lowest BCUT2D eigenvalue weighted by atomic mass is 10.0. The lowest BCUT2D eigenvalue weighted by Gasteiger charge is -2.34. The van der Waals surface area contributed by atoms with Crippen molar-refractivity contribution < 1.29 is 22.4 Å². The second kappa shape index (κ2) is 14.8. The maximum Gasteiger partial charge on any atom is 0.264 e. The molecule has 44 heavy (non-hydrogen) atoms. The van der Waals surface area contributed by atoms with Gasteiger partial charge in [0, 0.05) is 19.0 Å². The van der Waals surface area contributed by atoms with Crippen LogP contribution < -0.4 is 9.62 Å². The van der Waals surface area contributed by atoms with Crippen LogP contribution in [0.15, 0.2) is 114 Å². The molecular weight excluding hydrogens is 577 g/mol. The maximum atomic E-state index is 14.4. The summed E-state index contributed by atoms with van der Waals surface area (Å²) in [6.07, 6.45) is 0.935. The van der Waals surface area contributed by atoms with Gasteiger partial charge in [-0.1, -0.05) is 85.3 Å². The molecule has 2 atom stereocenters. The molecule has 2 amide bonds. The third-order valence-corrected chi connectivity index (χ3v) is 9.22. The Hall–Kier alpha value is -4.50. The summed E-state index contributed by atoms with van der Waals surface area (Å²) in [5, 5.41) is 3.03. The summed E-state index contributed by atoms with van der Waals surface area (Å²) in [6.45, 7) is 5.32. The van der Waals surface area contributed by atoms with Crippen LogP contribution >= 0.6 is 0 Å². The van der Waals surface area contributed by atoms with Crippen LogP contribution in [0.25, 0.3) is 0 Å². The van der Waals surface area contributed by atoms with E-state index in [9.17, 15) is 22.4 Å². The lowest BCUT2D eigenvalue weighted by Crippen LogP contribution is -2.54. The van der Waals surface area contributed by atoms with E-state index in [-0.39, 0.29) is 35.5 Å². The first-order chi connectivity index (χ1) is 21.1. The zero-order chi connectivity index (χ0) is 31.7. The number of amides is 2. The van der Waals surface area contributed by atoms with Crippen LogP contribution in [-0.2, 0) is 32.6 Å². The highest BCUT2D eigenvalue weighted by atomic mass is 32.2. The van der Waals surface area contributed by atoms with E-state index in [1.54, 1.807) is 30.3 Å². The zero-order valence-electron chi connectivity index (χ0n) is 25.2. The van der Waals surface area contributed by atoms with E-state index in [2.05, 4.69) is 5.32 Å². The van der Waals surface area contributed by atoms with E-state index in [0.29, 0.717) is 6.42 Å². The molecule has 230 valence electrons.